The van der Waals surface area contributed by atoms with Crippen molar-refractivity contribution in [1.29, 1.82) is 0 Å². The van der Waals surface area contributed by atoms with Crippen molar-refractivity contribution in [2.45, 2.75) is 57.8 Å². The van der Waals surface area contributed by atoms with Crippen molar-refractivity contribution >= 4 is 29.7 Å². The predicted octanol–water partition coefficient (Wildman–Crippen LogP) is -2.61. The lowest BCUT2D eigenvalue weighted by Crippen LogP contribution is -2.58. The molecule has 0 aliphatic carbocycles. The number of hydrogen-bond acceptors (Lipinski definition) is 7. The zero-order valence-corrected chi connectivity index (χ0v) is 16.0. The highest BCUT2D eigenvalue weighted by Crippen LogP contribution is 2.04. The van der Waals surface area contributed by atoms with Crippen LogP contribution in [0.15, 0.2) is 0 Å². The van der Waals surface area contributed by atoms with Crippen LogP contribution >= 0.6 is 0 Å². The van der Waals surface area contributed by atoms with Crippen molar-refractivity contribution in [3.8, 4) is 0 Å². The SMILES string of the molecule is CC(NC(=O)C(N)CCC(=O)O)C(=O)NC(C(=O)NC(CO)C(=O)O)C(C)C. The van der Waals surface area contributed by atoms with E-state index in [1.165, 1.54) is 6.92 Å². The van der Waals surface area contributed by atoms with E-state index in [9.17, 15) is 24.0 Å². The topological polar surface area (TPSA) is 208 Å². The molecule has 0 aromatic carbocycles. The molecule has 3 amide bonds. The minimum Gasteiger partial charge on any atom is -0.481 e. The second-order valence-electron chi connectivity index (χ2n) is 6.58. The first-order valence-corrected chi connectivity index (χ1v) is 8.62. The van der Waals surface area contributed by atoms with Gasteiger partial charge in [0, 0.05) is 6.42 Å². The van der Waals surface area contributed by atoms with E-state index < -0.39 is 66.4 Å². The first kappa shape index (κ1) is 25.3. The number of aliphatic hydroxyl groups excluding tert-OH is 1. The van der Waals surface area contributed by atoms with E-state index in [2.05, 4.69) is 16.0 Å². The summed E-state index contributed by atoms with van der Waals surface area (Å²) >= 11 is 0. The molecule has 0 aromatic heterocycles. The quantitative estimate of drug-likeness (QED) is 0.181. The van der Waals surface area contributed by atoms with Crippen LogP contribution in [-0.4, -0.2) is 75.8 Å². The van der Waals surface area contributed by atoms with Crippen molar-refractivity contribution < 1.29 is 39.3 Å². The van der Waals surface area contributed by atoms with E-state index in [0.29, 0.717) is 0 Å². The van der Waals surface area contributed by atoms with Gasteiger partial charge in [0.1, 0.15) is 18.1 Å². The summed E-state index contributed by atoms with van der Waals surface area (Å²) < 4.78 is 0. The Morgan fingerprint density at radius 3 is 1.89 bits per heavy atom. The number of carboxylic acids is 2. The van der Waals surface area contributed by atoms with Gasteiger partial charge in [0.05, 0.1) is 12.6 Å². The fourth-order valence-electron chi connectivity index (χ4n) is 2.06. The van der Waals surface area contributed by atoms with E-state index in [4.69, 9.17) is 21.1 Å². The number of rotatable bonds is 12. The molecular formula is C16H28N4O8. The maximum Gasteiger partial charge on any atom is 0.328 e. The summed E-state index contributed by atoms with van der Waals surface area (Å²) in [6.45, 7) is 3.76. The van der Waals surface area contributed by atoms with Crippen molar-refractivity contribution in [3.05, 3.63) is 0 Å². The minimum absolute atomic E-state index is 0.107. The van der Waals surface area contributed by atoms with E-state index in [1.54, 1.807) is 13.8 Å². The largest absolute Gasteiger partial charge is 0.481 e. The summed E-state index contributed by atoms with van der Waals surface area (Å²) in [4.78, 5) is 57.8. The van der Waals surface area contributed by atoms with Crippen molar-refractivity contribution in [2.75, 3.05) is 6.61 Å². The number of aliphatic carboxylic acids is 2. The van der Waals surface area contributed by atoms with Gasteiger partial charge in [0.15, 0.2) is 0 Å². The van der Waals surface area contributed by atoms with Gasteiger partial charge in [0.2, 0.25) is 17.7 Å². The highest BCUT2D eigenvalue weighted by Gasteiger charge is 2.30. The van der Waals surface area contributed by atoms with Gasteiger partial charge in [-0.15, -0.1) is 0 Å². The number of aliphatic hydroxyl groups is 1. The maximum absolute atomic E-state index is 12.3. The average Bonchev–Trinajstić information content (AvgIpc) is 2.60. The maximum atomic E-state index is 12.3. The Balaban J connectivity index is 4.86. The highest BCUT2D eigenvalue weighted by atomic mass is 16.4. The van der Waals surface area contributed by atoms with Gasteiger partial charge in [-0.3, -0.25) is 19.2 Å². The number of carbonyl (C=O) groups is 5. The molecule has 0 radical (unpaired) electrons. The number of carbonyl (C=O) groups excluding carboxylic acids is 3. The summed E-state index contributed by atoms with van der Waals surface area (Å²) in [5.74, 6) is -5.20. The van der Waals surface area contributed by atoms with Crippen molar-refractivity contribution in [3.63, 3.8) is 0 Å². The monoisotopic (exact) mass is 404 g/mol. The lowest BCUT2D eigenvalue weighted by atomic mass is 10.0. The lowest BCUT2D eigenvalue weighted by Gasteiger charge is -2.25. The zero-order valence-electron chi connectivity index (χ0n) is 16.0. The third kappa shape index (κ3) is 8.77. The van der Waals surface area contributed by atoms with Crippen LogP contribution in [0.25, 0.3) is 0 Å². The zero-order chi connectivity index (χ0) is 22.0. The van der Waals surface area contributed by atoms with Crippen LogP contribution in [0, 0.1) is 5.92 Å². The highest BCUT2D eigenvalue weighted by molar-refractivity contribution is 5.94. The number of nitrogens with two attached hydrogens (primary N) is 1. The van der Waals surface area contributed by atoms with Crippen molar-refractivity contribution in [2.24, 2.45) is 11.7 Å². The molecule has 0 saturated carbocycles. The molecule has 0 saturated heterocycles. The second-order valence-corrected chi connectivity index (χ2v) is 6.58. The van der Waals surface area contributed by atoms with Gasteiger partial charge in [0.25, 0.3) is 0 Å². The normalized spacial score (nSPS) is 15.1. The first-order chi connectivity index (χ1) is 12.9. The average molecular weight is 404 g/mol. The van der Waals surface area contributed by atoms with Crippen LogP contribution in [0.2, 0.25) is 0 Å². The van der Waals surface area contributed by atoms with E-state index >= 15 is 0 Å². The van der Waals surface area contributed by atoms with Crippen molar-refractivity contribution in [1.82, 2.24) is 16.0 Å². The molecule has 0 aliphatic heterocycles. The standard InChI is InChI=1S/C16H28N4O8/c1-7(2)12(15(26)19-10(6-21)16(27)28)20-13(24)8(3)18-14(25)9(17)4-5-11(22)23/h7-10,12,21H,4-6,17H2,1-3H3,(H,18,25)(H,19,26)(H,20,24)(H,22,23)(H,27,28). The van der Waals surface area contributed by atoms with Gasteiger partial charge in [-0.25, -0.2) is 4.79 Å². The fraction of sp³-hybridized carbons (Fsp3) is 0.688. The number of amides is 3. The Hall–Kier alpha value is -2.73. The van der Waals surface area contributed by atoms with E-state index in [0.717, 1.165) is 0 Å². The van der Waals surface area contributed by atoms with Gasteiger partial charge in [-0.05, 0) is 19.3 Å². The molecule has 28 heavy (non-hydrogen) atoms. The van der Waals surface area contributed by atoms with Gasteiger partial charge in [-0.2, -0.15) is 0 Å². The Morgan fingerprint density at radius 2 is 1.46 bits per heavy atom. The lowest BCUT2D eigenvalue weighted by molar-refractivity contribution is -0.143. The molecule has 0 heterocycles. The summed E-state index contributed by atoms with van der Waals surface area (Å²) in [5.41, 5.74) is 5.56. The summed E-state index contributed by atoms with van der Waals surface area (Å²) in [6, 6.07) is -4.82. The van der Waals surface area contributed by atoms with Crippen LogP contribution in [0.1, 0.15) is 33.6 Å². The first-order valence-electron chi connectivity index (χ1n) is 8.62. The third-order valence-corrected chi connectivity index (χ3v) is 3.80. The Morgan fingerprint density at radius 1 is 0.893 bits per heavy atom. The van der Waals surface area contributed by atoms with Crippen LogP contribution in [0.5, 0.6) is 0 Å². The molecule has 0 fully saturated rings. The molecule has 0 spiro atoms. The van der Waals surface area contributed by atoms with Crippen LogP contribution in [-0.2, 0) is 24.0 Å². The van der Waals surface area contributed by atoms with E-state index in [1.807, 2.05) is 0 Å². The molecule has 12 heteroatoms. The summed E-state index contributed by atoms with van der Waals surface area (Å²) in [6.07, 6.45) is -0.412. The molecule has 0 aromatic rings. The van der Waals surface area contributed by atoms with Gasteiger partial charge >= 0.3 is 11.9 Å². The molecule has 0 rings (SSSR count). The summed E-state index contributed by atoms with van der Waals surface area (Å²) in [5, 5.41) is 33.3. The molecule has 4 atom stereocenters. The smallest absolute Gasteiger partial charge is 0.328 e. The Bertz CT molecular complexity index is 595. The number of hydrogen-bond donors (Lipinski definition) is 7. The molecular weight excluding hydrogens is 376 g/mol. The van der Waals surface area contributed by atoms with Gasteiger partial charge in [-0.1, -0.05) is 13.8 Å². The molecule has 0 bridgehead atoms. The predicted molar refractivity (Wildman–Crippen MR) is 95.9 cm³/mol. The van der Waals surface area contributed by atoms with Crippen LogP contribution in [0.3, 0.4) is 0 Å². The Kier molecular flexibility index (Phi) is 10.7. The molecule has 4 unspecified atom stereocenters. The molecule has 160 valence electrons. The summed E-state index contributed by atoms with van der Waals surface area (Å²) in [7, 11) is 0. The fourth-order valence-corrected chi connectivity index (χ4v) is 2.06. The van der Waals surface area contributed by atoms with Gasteiger partial charge < -0.3 is 37.0 Å². The molecule has 0 aliphatic rings. The molecule has 8 N–H and O–H groups in total. The number of nitrogens with one attached hydrogen (secondary N) is 3. The van der Waals surface area contributed by atoms with Crippen LogP contribution in [0.4, 0.5) is 0 Å². The van der Waals surface area contributed by atoms with Crippen LogP contribution < -0.4 is 21.7 Å². The number of carboxylic acid groups (broad SMARTS) is 2. The van der Waals surface area contributed by atoms with E-state index in [-0.39, 0.29) is 12.8 Å². The Labute approximate surface area is 161 Å². The molecule has 12 nitrogen and oxygen atoms in total. The second kappa shape index (κ2) is 11.9. The minimum atomic E-state index is -1.52. The third-order valence-electron chi connectivity index (χ3n) is 3.80.